The van der Waals surface area contributed by atoms with Gasteiger partial charge in [0.15, 0.2) is 5.82 Å². The van der Waals surface area contributed by atoms with Gasteiger partial charge in [-0.25, -0.2) is 13.2 Å². The van der Waals surface area contributed by atoms with Gasteiger partial charge in [0.25, 0.3) is 5.91 Å². The molecule has 234 valence electrons. The molecule has 1 fully saturated rings. The Morgan fingerprint density at radius 1 is 1.05 bits per heavy atom. The summed E-state index contributed by atoms with van der Waals surface area (Å²) in [5.74, 6) is -9.01. The number of allylic oxidation sites excluding steroid dienone is 2. The Hall–Kier alpha value is -3.74. The Labute approximate surface area is 262 Å². The molecule has 0 saturated heterocycles. The molecule has 44 heavy (non-hydrogen) atoms. The first-order chi connectivity index (χ1) is 20.4. The molecule has 0 unspecified atom stereocenters. The average Bonchev–Trinajstić information content (AvgIpc) is 3.51. The van der Waals surface area contributed by atoms with Crippen molar-refractivity contribution < 1.29 is 40.7 Å². The lowest BCUT2D eigenvalue weighted by atomic mass is 10.0. The number of rotatable bonds is 10. The molecule has 0 aromatic heterocycles. The molecule has 15 heteroatoms. The molecule has 1 saturated carbocycles. The second kappa shape index (κ2) is 13.5. The summed E-state index contributed by atoms with van der Waals surface area (Å²) in [7, 11) is 0. The van der Waals surface area contributed by atoms with Gasteiger partial charge in [0, 0.05) is 23.1 Å². The molecule has 0 spiro atoms. The summed E-state index contributed by atoms with van der Waals surface area (Å²) < 4.78 is 80.7. The average molecular weight is 681 g/mol. The third-order valence-electron chi connectivity index (χ3n) is 6.34. The van der Waals surface area contributed by atoms with Gasteiger partial charge in [0.05, 0.1) is 22.7 Å². The smallest absolute Gasteiger partial charge is 0.326 e. The number of hydrogen-bond acceptors (Lipinski definition) is 3. The first-order valence-electron chi connectivity index (χ1n) is 12.4. The van der Waals surface area contributed by atoms with Crippen LogP contribution >= 0.6 is 34.8 Å². The monoisotopic (exact) mass is 679 g/mol. The maximum Gasteiger partial charge on any atom is 0.419 e. The Kier molecular flexibility index (Phi) is 10.7. The summed E-state index contributed by atoms with van der Waals surface area (Å²) in [5, 5.41) is 6.28. The van der Waals surface area contributed by atoms with Crippen LogP contribution in [0.4, 0.5) is 37.7 Å². The summed E-state index contributed by atoms with van der Waals surface area (Å²) in [6, 6.07) is 3.84. The van der Waals surface area contributed by atoms with Gasteiger partial charge >= 0.3 is 6.18 Å². The minimum atomic E-state index is -5.00. The summed E-state index contributed by atoms with van der Waals surface area (Å²) in [4.78, 5) is 37.8. The number of carbonyl (C=O) groups is 3. The number of carbonyl (C=O) groups excluding carboxylic acids is 3. The van der Waals surface area contributed by atoms with Gasteiger partial charge in [-0.1, -0.05) is 36.4 Å². The highest BCUT2D eigenvalue weighted by Crippen LogP contribution is 2.65. The van der Waals surface area contributed by atoms with Gasteiger partial charge in [-0.3, -0.25) is 14.4 Å². The molecule has 2 atom stereocenters. The number of alkyl halides is 5. The lowest BCUT2D eigenvalue weighted by Gasteiger charge is -2.13. The van der Waals surface area contributed by atoms with Gasteiger partial charge in [-0.15, -0.1) is 29.8 Å². The van der Waals surface area contributed by atoms with Crippen LogP contribution in [0, 0.1) is 23.4 Å². The van der Waals surface area contributed by atoms with Crippen molar-refractivity contribution in [1.29, 1.82) is 0 Å². The quantitative estimate of drug-likeness (QED) is 0.0785. The first kappa shape index (κ1) is 34.7. The van der Waals surface area contributed by atoms with Crippen molar-refractivity contribution in [2.75, 3.05) is 10.6 Å². The van der Waals surface area contributed by atoms with Crippen LogP contribution in [0.15, 0.2) is 78.0 Å². The fourth-order valence-electron chi connectivity index (χ4n) is 4.13. The summed E-state index contributed by atoms with van der Waals surface area (Å²) in [6.07, 6.45) is -1.65. The molecule has 2 aromatic carbocycles. The number of amides is 3. The topological polar surface area (TPSA) is 87.3 Å². The molecular weight excluding hydrogens is 659 g/mol. The van der Waals surface area contributed by atoms with Gasteiger partial charge in [-0.05, 0) is 42.8 Å². The lowest BCUT2D eigenvalue weighted by Crippen LogP contribution is -2.26. The van der Waals surface area contributed by atoms with E-state index in [1.807, 2.05) is 5.32 Å². The zero-order valence-corrected chi connectivity index (χ0v) is 24.8. The highest BCUT2D eigenvalue weighted by molar-refractivity contribution is 6.53. The normalized spacial score (nSPS) is 17.9. The summed E-state index contributed by atoms with van der Waals surface area (Å²) >= 11 is 18.4. The van der Waals surface area contributed by atoms with E-state index < -0.39 is 74.5 Å². The van der Waals surface area contributed by atoms with E-state index in [2.05, 4.69) is 23.8 Å². The molecular formula is C29H22Cl3F6N3O3. The Morgan fingerprint density at radius 2 is 1.68 bits per heavy atom. The molecule has 0 heterocycles. The van der Waals surface area contributed by atoms with Crippen LogP contribution < -0.4 is 16.0 Å². The summed E-state index contributed by atoms with van der Waals surface area (Å²) in [5.41, 5.74) is -3.49. The van der Waals surface area contributed by atoms with Crippen LogP contribution in [0.5, 0.6) is 0 Å². The number of hydrogen-bond donors (Lipinski definition) is 3. The highest BCUT2D eigenvalue weighted by atomic mass is 35.5. The number of nitrogens with one attached hydrogen (secondary N) is 3. The van der Waals surface area contributed by atoms with Crippen molar-refractivity contribution in [3.63, 3.8) is 0 Å². The molecule has 2 aromatic rings. The minimum Gasteiger partial charge on any atom is -0.326 e. The lowest BCUT2D eigenvalue weighted by molar-refractivity contribution is -0.140. The van der Waals surface area contributed by atoms with E-state index in [1.165, 1.54) is 19.1 Å². The van der Waals surface area contributed by atoms with Crippen molar-refractivity contribution in [2.24, 2.45) is 5.92 Å². The molecule has 0 radical (unpaired) electrons. The molecule has 1 aliphatic rings. The number of anilines is 2. The van der Waals surface area contributed by atoms with Crippen molar-refractivity contribution in [1.82, 2.24) is 5.32 Å². The van der Waals surface area contributed by atoms with E-state index >= 15 is 0 Å². The van der Waals surface area contributed by atoms with Gasteiger partial charge < -0.3 is 16.0 Å². The van der Waals surface area contributed by atoms with E-state index in [0.717, 1.165) is 24.3 Å². The van der Waals surface area contributed by atoms with Crippen LogP contribution in [0.3, 0.4) is 0 Å². The Bertz CT molecular complexity index is 1600. The Balaban J connectivity index is 1.82. The van der Waals surface area contributed by atoms with E-state index in [9.17, 15) is 40.7 Å². The molecule has 1 aliphatic carbocycles. The maximum atomic E-state index is 15.0. The largest absolute Gasteiger partial charge is 0.419 e. The molecule has 6 nitrogen and oxygen atoms in total. The standard InChI is InChI=1S/C29H22Cl3F6N3O3/c1-4-6-21(42)41-25-19(34)9-10-20(24(25)35)40-26(43)16(13(3)30)12-15(5-2)39-27(44)23-22(28(23,31)32)14-7-8-18(33)17(11-14)29(36,37)38/h4-5,7-12,22-23H,1,3,6H2,2H3,(H,39,44)(H,40,43)(H,41,42)/b15-5+,16-12+/t22-,23+/m0/s1. The second-order valence-corrected chi connectivity index (χ2v) is 11.2. The molecule has 3 rings (SSSR count). The third-order valence-corrected chi connectivity index (χ3v) is 7.48. The Morgan fingerprint density at radius 3 is 2.25 bits per heavy atom. The van der Waals surface area contributed by atoms with Crippen LogP contribution in [0.2, 0.25) is 0 Å². The van der Waals surface area contributed by atoms with Crippen molar-refractivity contribution in [2.45, 2.75) is 29.8 Å². The molecule has 0 aliphatic heterocycles. The van der Waals surface area contributed by atoms with E-state index in [-0.39, 0.29) is 28.3 Å². The van der Waals surface area contributed by atoms with E-state index in [0.29, 0.717) is 12.1 Å². The molecule has 3 N–H and O–H groups in total. The van der Waals surface area contributed by atoms with Crippen LogP contribution in [0.25, 0.3) is 0 Å². The van der Waals surface area contributed by atoms with Crippen LogP contribution in [0.1, 0.15) is 30.4 Å². The molecule has 3 amide bonds. The van der Waals surface area contributed by atoms with E-state index in [1.54, 1.807) is 0 Å². The van der Waals surface area contributed by atoms with Crippen molar-refractivity contribution in [3.8, 4) is 0 Å². The van der Waals surface area contributed by atoms with Crippen LogP contribution in [-0.4, -0.2) is 22.1 Å². The highest BCUT2D eigenvalue weighted by Gasteiger charge is 2.67. The van der Waals surface area contributed by atoms with Gasteiger partial charge in [-0.2, -0.15) is 13.2 Å². The minimum absolute atomic E-state index is 0.0659. The SMILES string of the molecule is C=CCC(=O)Nc1c(F)ccc(NC(=O)/C(=C/C(=C\C)NC(=O)[C@H]2[C@H](c3ccc(F)c(C(F)(F)F)c3)C2(Cl)Cl)C(=C)Cl)c1F. The van der Waals surface area contributed by atoms with Crippen LogP contribution in [-0.2, 0) is 20.6 Å². The van der Waals surface area contributed by atoms with Gasteiger partial charge in [0.1, 0.15) is 21.7 Å². The number of halogens is 9. The van der Waals surface area contributed by atoms with Crippen molar-refractivity contribution >= 4 is 63.9 Å². The van der Waals surface area contributed by atoms with Gasteiger partial charge in [0.2, 0.25) is 11.8 Å². The summed E-state index contributed by atoms with van der Waals surface area (Å²) in [6.45, 7) is 8.27. The second-order valence-electron chi connectivity index (χ2n) is 9.34. The third kappa shape index (κ3) is 7.66. The fraction of sp³-hybridized carbons (Fsp3) is 0.207. The first-order valence-corrected chi connectivity index (χ1v) is 13.6. The van der Waals surface area contributed by atoms with E-state index in [4.69, 9.17) is 34.8 Å². The number of benzene rings is 2. The zero-order chi connectivity index (χ0) is 33.1. The zero-order valence-electron chi connectivity index (χ0n) is 22.5. The maximum absolute atomic E-state index is 15.0. The fourth-order valence-corrected chi connectivity index (χ4v) is 5.10. The predicted octanol–water partition coefficient (Wildman–Crippen LogP) is 7.86. The predicted molar refractivity (Wildman–Crippen MR) is 155 cm³/mol. The molecule has 0 bridgehead atoms. The van der Waals surface area contributed by atoms with Crippen molar-refractivity contribution in [3.05, 3.63) is 107 Å².